The summed E-state index contributed by atoms with van der Waals surface area (Å²) in [6.45, 7) is 2.78. The van der Waals surface area contributed by atoms with E-state index >= 15 is 0 Å². The smallest absolute Gasteiger partial charge is 0.303 e. The summed E-state index contributed by atoms with van der Waals surface area (Å²) in [4.78, 5) is 11.3. The van der Waals surface area contributed by atoms with Crippen LogP contribution in [0.2, 0.25) is 0 Å². The lowest BCUT2D eigenvalue weighted by molar-refractivity contribution is -0.139. The van der Waals surface area contributed by atoms with Crippen molar-refractivity contribution in [3.63, 3.8) is 0 Å². The van der Waals surface area contributed by atoms with E-state index < -0.39 is 12.1 Å². The van der Waals surface area contributed by atoms with Crippen molar-refractivity contribution >= 4 is 5.97 Å². The molecule has 3 aliphatic carbocycles. The van der Waals surface area contributed by atoms with Crippen molar-refractivity contribution < 1.29 is 19.7 Å². The number of carboxylic acid groups (broad SMARTS) is 1. The molecule has 2 aromatic rings. The van der Waals surface area contributed by atoms with E-state index in [-0.39, 0.29) is 17.8 Å². The van der Waals surface area contributed by atoms with Crippen LogP contribution < -0.4 is 4.74 Å². The molecule has 0 aliphatic heterocycles. The molecule has 0 amide bonds. The first kappa shape index (κ1) is 20.6. The molecule has 0 saturated heterocycles. The van der Waals surface area contributed by atoms with Crippen LogP contribution >= 0.6 is 0 Å². The molecule has 2 saturated carbocycles. The fourth-order valence-corrected chi connectivity index (χ4v) is 6.96. The summed E-state index contributed by atoms with van der Waals surface area (Å²) in [6.07, 6.45) is 4.64. The monoisotopic (exact) mass is 420 g/mol. The first-order valence-corrected chi connectivity index (χ1v) is 11.6. The van der Waals surface area contributed by atoms with E-state index in [2.05, 4.69) is 37.3 Å². The molecule has 0 heterocycles. The molecule has 2 fully saturated rings. The highest BCUT2D eigenvalue weighted by atomic mass is 16.5. The molecule has 4 nitrogen and oxygen atoms in total. The van der Waals surface area contributed by atoms with Crippen molar-refractivity contribution in [2.45, 2.75) is 64.1 Å². The van der Waals surface area contributed by atoms with Crippen LogP contribution in [0.15, 0.2) is 48.5 Å². The largest absolute Gasteiger partial charge is 0.489 e. The van der Waals surface area contributed by atoms with Crippen LogP contribution in [-0.4, -0.2) is 22.3 Å². The van der Waals surface area contributed by atoms with Crippen molar-refractivity contribution in [2.75, 3.05) is 0 Å². The molecule has 6 atom stereocenters. The highest BCUT2D eigenvalue weighted by Crippen LogP contribution is 2.62. The Balaban J connectivity index is 1.33. The molecule has 0 bridgehead atoms. The fraction of sp³-hybridized carbons (Fsp3) is 0.519. The van der Waals surface area contributed by atoms with Crippen LogP contribution in [-0.2, 0) is 17.8 Å². The van der Waals surface area contributed by atoms with Crippen LogP contribution in [0.1, 0.15) is 61.6 Å². The van der Waals surface area contributed by atoms with E-state index in [1.54, 1.807) is 0 Å². The quantitative estimate of drug-likeness (QED) is 0.699. The Hall–Kier alpha value is -2.33. The average Bonchev–Trinajstić information content (AvgIpc) is 3.02. The van der Waals surface area contributed by atoms with E-state index in [0.29, 0.717) is 24.4 Å². The molecule has 0 spiro atoms. The van der Waals surface area contributed by atoms with Gasteiger partial charge in [-0.05, 0) is 90.0 Å². The van der Waals surface area contributed by atoms with Gasteiger partial charge in [0.15, 0.2) is 0 Å². The molecular formula is C27H32O4. The molecule has 0 aromatic heterocycles. The number of rotatable bonds is 5. The average molecular weight is 421 g/mol. The number of carboxylic acids is 1. The van der Waals surface area contributed by atoms with Gasteiger partial charge in [-0.15, -0.1) is 0 Å². The van der Waals surface area contributed by atoms with E-state index in [4.69, 9.17) is 4.74 Å². The standard InChI is InChI=1S/C27H32O4/c1-27-12-11-22-21-10-8-20(31-16-17-5-3-2-4-6-17)13-18(21)7-9-23(22)24(27)14-19(26(27)30)15-25(28)29/h2-6,8,10,13,19,22-24,26,30H,7,9,11-12,14-16H2,1H3,(H,28,29)/t19-,22?,23?,24?,26-,27-/m0/s1. The first-order valence-electron chi connectivity index (χ1n) is 11.6. The van der Waals surface area contributed by atoms with E-state index in [1.807, 2.05) is 18.2 Å². The van der Waals surface area contributed by atoms with Gasteiger partial charge in [0.1, 0.15) is 12.4 Å². The number of hydrogen-bond acceptors (Lipinski definition) is 3. The van der Waals surface area contributed by atoms with Gasteiger partial charge in [-0.3, -0.25) is 4.79 Å². The summed E-state index contributed by atoms with van der Waals surface area (Å²) < 4.78 is 6.06. The SMILES string of the molecule is C[C@]12CCC3c4ccc(OCc5ccccc5)cc4CCC3C1C[C@@H](CC(=O)O)[C@@H]2O. The van der Waals surface area contributed by atoms with Crippen LogP contribution in [0.25, 0.3) is 0 Å². The molecule has 3 aliphatic rings. The first-order chi connectivity index (χ1) is 15.0. The molecule has 3 unspecified atom stereocenters. The number of ether oxygens (including phenoxy) is 1. The Labute approximate surface area is 184 Å². The van der Waals surface area contributed by atoms with Gasteiger partial charge in [0.25, 0.3) is 0 Å². The van der Waals surface area contributed by atoms with Crippen LogP contribution in [0.5, 0.6) is 5.75 Å². The lowest BCUT2D eigenvalue weighted by Gasteiger charge is -2.50. The maximum absolute atomic E-state index is 11.3. The Bertz CT molecular complexity index is 955. The van der Waals surface area contributed by atoms with Crippen LogP contribution in [0.4, 0.5) is 0 Å². The van der Waals surface area contributed by atoms with Gasteiger partial charge in [0.2, 0.25) is 0 Å². The molecule has 0 radical (unpaired) electrons. The lowest BCUT2D eigenvalue weighted by atomic mass is 9.55. The number of hydrogen-bond donors (Lipinski definition) is 2. The van der Waals surface area contributed by atoms with Gasteiger partial charge >= 0.3 is 5.97 Å². The lowest BCUT2D eigenvalue weighted by Crippen LogP contribution is -2.44. The van der Waals surface area contributed by atoms with Gasteiger partial charge in [0, 0.05) is 0 Å². The minimum absolute atomic E-state index is 0.0867. The summed E-state index contributed by atoms with van der Waals surface area (Å²) in [5.74, 6) is 1.49. The van der Waals surface area contributed by atoms with Gasteiger partial charge < -0.3 is 14.9 Å². The number of aliphatic carboxylic acids is 1. The number of benzene rings is 2. The summed E-state index contributed by atoms with van der Waals surface area (Å²) in [5, 5.41) is 20.3. The van der Waals surface area contributed by atoms with E-state index in [1.165, 1.54) is 16.7 Å². The van der Waals surface area contributed by atoms with Gasteiger partial charge in [-0.1, -0.05) is 43.3 Å². The molecular weight excluding hydrogens is 388 g/mol. The number of aliphatic hydroxyl groups excluding tert-OH is 1. The van der Waals surface area contributed by atoms with Crippen molar-refractivity contribution in [3.8, 4) is 5.75 Å². The fourth-order valence-electron chi connectivity index (χ4n) is 6.96. The highest BCUT2D eigenvalue weighted by molar-refractivity contribution is 5.67. The summed E-state index contributed by atoms with van der Waals surface area (Å²) in [7, 11) is 0. The summed E-state index contributed by atoms with van der Waals surface area (Å²) in [6, 6.07) is 16.8. The van der Waals surface area contributed by atoms with Crippen molar-refractivity contribution in [3.05, 3.63) is 65.2 Å². The normalized spacial score (nSPS) is 33.8. The Morgan fingerprint density at radius 2 is 1.97 bits per heavy atom. The molecule has 31 heavy (non-hydrogen) atoms. The second-order valence-electron chi connectivity index (χ2n) is 10.1. The summed E-state index contributed by atoms with van der Waals surface area (Å²) in [5.41, 5.74) is 3.87. The molecule has 5 rings (SSSR count). The van der Waals surface area contributed by atoms with Crippen LogP contribution in [0.3, 0.4) is 0 Å². The summed E-state index contributed by atoms with van der Waals surface area (Å²) >= 11 is 0. The number of aliphatic hydroxyl groups is 1. The number of aryl methyl sites for hydroxylation is 1. The van der Waals surface area contributed by atoms with Crippen molar-refractivity contribution in [2.24, 2.45) is 23.2 Å². The number of carbonyl (C=O) groups is 1. The third-order valence-electron chi connectivity index (χ3n) is 8.50. The Morgan fingerprint density at radius 3 is 2.74 bits per heavy atom. The molecule has 2 aromatic carbocycles. The van der Waals surface area contributed by atoms with Gasteiger partial charge in [-0.25, -0.2) is 0 Å². The van der Waals surface area contributed by atoms with Crippen molar-refractivity contribution in [1.29, 1.82) is 0 Å². The second kappa shape index (κ2) is 7.98. The molecule has 2 N–H and O–H groups in total. The van der Waals surface area contributed by atoms with Gasteiger partial charge in [0.05, 0.1) is 12.5 Å². The predicted octanol–water partition coefficient (Wildman–Crippen LogP) is 5.18. The number of fused-ring (bicyclic) bond motifs is 5. The minimum atomic E-state index is -0.792. The zero-order valence-electron chi connectivity index (χ0n) is 18.2. The van der Waals surface area contributed by atoms with Gasteiger partial charge in [-0.2, -0.15) is 0 Å². The maximum atomic E-state index is 11.3. The Morgan fingerprint density at radius 1 is 1.16 bits per heavy atom. The second-order valence-corrected chi connectivity index (χ2v) is 10.1. The third-order valence-corrected chi connectivity index (χ3v) is 8.50. The van der Waals surface area contributed by atoms with E-state index in [9.17, 15) is 15.0 Å². The van der Waals surface area contributed by atoms with E-state index in [0.717, 1.165) is 37.9 Å². The third kappa shape index (κ3) is 3.65. The highest BCUT2D eigenvalue weighted by Gasteiger charge is 2.58. The predicted molar refractivity (Wildman–Crippen MR) is 119 cm³/mol. The maximum Gasteiger partial charge on any atom is 0.303 e. The Kier molecular flexibility index (Phi) is 5.29. The minimum Gasteiger partial charge on any atom is -0.489 e. The molecule has 4 heteroatoms. The topological polar surface area (TPSA) is 66.8 Å². The van der Waals surface area contributed by atoms with Crippen molar-refractivity contribution in [1.82, 2.24) is 0 Å². The zero-order chi connectivity index (χ0) is 21.6. The zero-order valence-corrected chi connectivity index (χ0v) is 18.2. The molecule has 164 valence electrons. The van der Waals surface area contributed by atoms with Crippen LogP contribution in [0, 0.1) is 23.2 Å².